The highest BCUT2D eigenvalue weighted by atomic mass is 35.5. The van der Waals surface area contributed by atoms with Gasteiger partial charge in [0, 0.05) is 47.1 Å². The van der Waals surface area contributed by atoms with E-state index in [-0.39, 0.29) is 24.5 Å². The van der Waals surface area contributed by atoms with Gasteiger partial charge in [-0.2, -0.15) is 0 Å². The summed E-state index contributed by atoms with van der Waals surface area (Å²) in [4.78, 5) is 28.6. The number of hydrogen-bond acceptors (Lipinski definition) is 3. The molecule has 2 amide bonds. The number of hydrogen-bond donors (Lipinski definition) is 0. The van der Waals surface area contributed by atoms with Crippen molar-refractivity contribution in [1.82, 2.24) is 4.57 Å². The summed E-state index contributed by atoms with van der Waals surface area (Å²) in [5, 5.41) is 0.457. The van der Waals surface area contributed by atoms with E-state index in [0.29, 0.717) is 13.2 Å². The van der Waals surface area contributed by atoms with Crippen LogP contribution in [0.4, 0.5) is 11.4 Å². The van der Waals surface area contributed by atoms with Crippen molar-refractivity contribution in [3.63, 3.8) is 0 Å². The Hall–Kier alpha value is -3.61. The molecule has 6 rings (SSSR count). The highest BCUT2D eigenvalue weighted by Crippen LogP contribution is 2.45. The first-order valence-corrected chi connectivity index (χ1v) is 12.1. The second kappa shape index (κ2) is 8.87. The van der Waals surface area contributed by atoms with Gasteiger partial charge in [-0.25, -0.2) is 0 Å². The number of alkyl halides is 1. The first-order valence-electron chi connectivity index (χ1n) is 11.7. The minimum Gasteiger partial charge on any atom is -0.370 e. The smallest absolute Gasteiger partial charge is 0.253 e. The van der Waals surface area contributed by atoms with Crippen LogP contribution >= 0.6 is 11.6 Å². The van der Waals surface area contributed by atoms with Gasteiger partial charge in [-0.1, -0.05) is 48.5 Å². The number of carbonyl (C=O) groups excluding carboxylic acids is 2. The predicted molar refractivity (Wildman–Crippen MR) is 137 cm³/mol. The van der Waals surface area contributed by atoms with Gasteiger partial charge >= 0.3 is 0 Å². The second-order valence-electron chi connectivity index (χ2n) is 8.88. The molecule has 35 heavy (non-hydrogen) atoms. The van der Waals surface area contributed by atoms with Crippen molar-refractivity contribution in [1.29, 1.82) is 0 Å². The van der Waals surface area contributed by atoms with Crippen molar-refractivity contribution in [3.8, 4) is 0 Å². The Kier molecular flexibility index (Phi) is 5.55. The third-order valence-corrected chi connectivity index (χ3v) is 7.21. The molecule has 3 heterocycles. The van der Waals surface area contributed by atoms with E-state index in [4.69, 9.17) is 16.3 Å². The van der Waals surface area contributed by atoms with E-state index < -0.39 is 5.38 Å². The van der Waals surface area contributed by atoms with Gasteiger partial charge in [0.1, 0.15) is 12.0 Å². The van der Waals surface area contributed by atoms with E-state index in [1.54, 1.807) is 9.80 Å². The van der Waals surface area contributed by atoms with Crippen molar-refractivity contribution < 1.29 is 14.3 Å². The minimum atomic E-state index is -0.633. The summed E-state index contributed by atoms with van der Waals surface area (Å²) >= 11 is 6.62. The van der Waals surface area contributed by atoms with E-state index in [0.717, 1.165) is 34.4 Å². The maximum atomic E-state index is 12.9. The largest absolute Gasteiger partial charge is 0.370 e. The Morgan fingerprint density at radius 3 is 2.37 bits per heavy atom. The Bertz CT molecular complexity index is 1400. The summed E-state index contributed by atoms with van der Waals surface area (Å²) in [6.45, 7) is 1.86. The third-order valence-electron chi connectivity index (χ3n) is 6.79. The number of ether oxygens (including phenoxy) is 1. The summed E-state index contributed by atoms with van der Waals surface area (Å²) in [6, 6.07) is 25.8. The fourth-order valence-electron chi connectivity index (χ4n) is 5.04. The van der Waals surface area contributed by atoms with Gasteiger partial charge in [0.2, 0.25) is 5.91 Å². The monoisotopic (exact) mass is 485 g/mol. The fourth-order valence-corrected chi connectivity index (χ4v) is 5.40. The average molecular weight is 486 g/mol. The second-order valence-corrected chi connectivity index (χ2v) is 9.35. The summed E-state index contributed by atoms with van der Waals surface area (Å²) in [5.41, 5.74) is 4.91. The molecule has 3 aromatic carbocycles. The van der Waals surface area contributed by atoms with Crippen LogP contribution in [0, 0.1) is 0 Å². The predicted octanol–water partition coefficient (Wildman–Crippen LogP) is 4.75. The molecule has 176 valence electrons. The number of aromatic nitrogens is 1. The molecule has 2 saturated heterocycles. The number of benzene rings is 3. The quantitative estimate of drug-likeness (QED) is 0.303. The molecule has 0 radical (unpaired) electrons. The molecule has 0 bridgehead atoms. The Morgan fingerprint density at radius 1 is 0.886 bits per heavy atom. The maximum Gasteiger partial charge on any atom is 0.253 e. The minimum absolute atomic E-state index is 0.0612. The lowest BCUT2D eigenvalue weighted by atomic mass is 9.92. The molecule has 0 spiro atoms. The lowest BCUT2D eigenvalue weighted by Crippen LogP contribution is -2.56. The standard InChI is InChI=1S/C28H24ClN3O3/c29-26-27(23-17-30(16-19-6-2-1-3-7-19)24-9-5-4-8-22(23)24)32(28(26)34)21-12-10-20(11-13-21)31-14-15-35-18-25(31)33/h1-13,17,26-27H,14-16,18H2. The van der Waals surface area contributed by atoms with Crippen molar-refractivity contribution in [2.24, 2.45) is 0 Å². The van der Waals surface area contributed by atoms with Crippen molar-refractivity contribution in [2.45, 2.75) is 18.0 Å². The summed E-state index contributed by atoms with van der Waals surface area (Å²) in [7, 11) is 0. The zero-order chi connectivity index (χ0) is 23.9. The van der Waals surface area contributed by atoms with Crippen LogP contribution in [-0.2, 0) is 20.9 Å². The molecular formula is C28H24ClN3O3. The number of anilines is 2. The zero-order valence-corrected chi connectivity index (χ0v) is 19.8. The van der Waals surface area contributed by atoms with Gasteiger partial charge in [-0.05, 0) is 35.9 Å². The first-order chi connectivity index (χ1) is 17.1. The third kappa shape index (κ3) is 3.79. The number of carbonyl (C=O) groups is 2. The molecule has 7 heteroatoms. The molecule has 2 aliphatic rings. The van der Waals surface area contributed by atoms with Crippen LogP contribution in [0.5, 0.6) is 0 Å². The molecule has 2 unspecified atom stereocenters. The van der Waals surface area contributed by atoms with Gasteiger partial charge in [0.15, 0.2) is 0 Å². The van der Waals surface area contributed by atoms with E-state index in [2.05, 4.69) is 35.0 Å². The number of rotatable bonds is 5. The molecule has 0 saturated carbocycles. The molecule has 2 aliphatic heterocycles. The molecule has 4 aromatic rings. The van der Waals surface area contributed by atoms with E-state index in [1.807, 2.05) is 54.6 Å². The Morgan fingerprint density at radius 2 is 1.60 bits per heavy atom. The van der Waals surface area contributed by atoms with Crippen LogP contribution in [0.2, 0.25) is 0 Å². The lowest BCUT2D eigenvalue weighted by molar-refractivity contribution is -0.126. The molecule has 6 nitrogen and oxygen atoms in total. The van der Waals surface area contributed by atoms with E-state index >= 15 is 0 Å². The highest BCUT2D eigenvalue weighted by Gasteiger charge is 2.49. The van der Waals surface area contributed by atoms with Gasteiger partial charge in [0.25, 0.3) is 5.91 Å². The van der Waals surface area contributed by atoms with Crippen LogP contribution in [0.15, 0.2) is 85.1 Å². The van der Waals surface area contributed by atoms with Crippen molar-refractivity contribution in [3.05, 3.63) is 96.2 Å². The molecule has 2 atom stereocenters. The van der Waals surface area contributed by atoms with Gasteiger partial charge in [-0.15, -0.1) is 11.6 Å². The average Bonchev–Trinajstić information content (AvgIpc) is 3.25. The zero-order valence-electron chi connectivity index (χ0n) is 19.0. The number of halogens is 1. The number of nitrogens with zero attached hydrogens (tertiary/aromatic N) is 3. The maximum absolute atomic E-state index is 12.9. The molecule has 0 aliphatic carbocycles. The number of fused-ring (bicyclic) bond motifs is 1. The number of amides is 2. The Labute approximate surface area is 208 Å². The molecule has 2 fully saturated rings. The van der Waals surface area contributed by atoms with Gasteiger partial charge in [-0.3, -0.25) is 9.59 Å². The van der Waals surface area contributed by atoms with Crippen LogP contribution in [0.3, 0.4) is 0 Å². The molecule has 1 aromatic heterocycles. The first kappa shape index (κ1) is 21.9. The normalized spacial score (nSPS) is 20.4. The summed E-state index contributed by atoms with van der Waals surface area (Å²) in [6.07, 6.45) is 2.12. The van der Waals surface area contributed by atoms with Gasteiger partial charge < -0.3 is 19.1 Å². The van der Waals surface area contributed by atoms with Crippen molar-refractivity contribution in [2.75, 3.05) is 29.6 Å². The molecule has 0 N–H and O–H groups in total. The highest BCUT2D eigenvalue weighted by molar-refractivity contribution is 6.37. The van der Waals surface area contributed by atoms with E-state index in [9.17, 15) is 9.59 Å². The number of para-hydroxylation sites is 1. The molecular weight excluding hydrogens is 462 g/mol. The van der Waals surface area contributed by atoms with Crippen LogP contribution in [0.25, 0.3) is 10.9 Å². The van der Waals surface area contributed by atoms with E-state index in [1.165, 1.54) is 5.56 Å². The summed E-state index contributed by atoms with van der Waals surface area (Å²) < 4.78 is 7.44. The number of β-lactam (4-membered cyclic amide) rings is 1. The Balaban J connectivity index is 1.34. The summed E-state index contributed by atoms with van der Waals surface area (Å²) in [5.74, 6) is -0.180. The SMILES string of the molecule is O=C1COCCN1c1ccc(N2C(=O)C(Cl)C2c2cn(Cc3ccccc3)c3ccccc23)cc1. The fraction of sp³-hybridized carbons (Fsp3) is 0.214. The number of morpholine rings is 1. The van der Waals surface area contributed by atoms with Crippen LogP contribution in [0.1, 0.15) is 17.2 Å². The van der Waals surface area contributed by atoms with Crippen molar-refractivity contribution >= 4 is 45.7 Å². The van der Waals surface area contributed by atoms with Crippen LogP contribution in [-0.4, -0.2) is 41.5 Å². The van der Waals surface area contributed by atoms with Crippen LogP contribution < -0.4 is 9.80 Å². The lowest BCUT2D eigenvalue weighted by Gasteiger charge is -2.44. The van der Waals surface area contributed by atoms with Gasteiger partial charge in [0.05, 0.1) is 12.6 Å². The topological polar surface area (TPSA) is 54.8 Å².